The molecule has 2 amide bonds. The highest BCUT2D eigenvalue weighted by molar-refractivity contribution is 5.76. The number of amides is 2. The fourth-order valence-electron chi connectivity index (χ4n) is 4.12. The van der Waals surface area contributed by atoms with Gasteiger partial charge in [-0.2, -0.15) is 0 Å². The summed E-state index contributed by atoms with van der Waals surface area (Å²) < 4.78 is 11.8. The minimum absolute atomic E-state index is 0.136. The number of carbonyl (C=O) groups excluding carboxylic acids is 1. The van der Waals surface area contributed by atoms with Crippen molar-refractivity contribution in [1.82, 2.24) is 14.8 Å². The summed E-state index contributed by atoms with van der Waals surface area (Å²) in [5.74, 6) is 1.13. The smallest absolute Gasteiger partial charge is 0.320 e. The van der Waals surface area contributed by atoms with E-state index in [0.717, 1.165) is 58.5 Å². The Kier molecular flexibility index (Phi) is 4.31. The Labute approximate surface area is 142 Å². The highest BCUT2D eigenvalue weighted by Crippen LogP contribution is 2.42. The molecule has 3 fully saturated rings. The summed E-state index contributed by atoms with van der Waals surface area (Å²) in [6.07, 6.45) is 6.01. The maximum atomic E-state index is 12.4. The lowest BCUT2D eigenvalue weighted by molar-refractivity contribution is -0.119. The lowest BCUT2D eigenvalue weighted by Gasteiger charge is -2.51. The minimum atomic E-state index is -0.136. The Morgan fingerprint density at radius 2 is 2.12 bits per heavy atom. The molecule has 0 bridgehead atoms. The van der Waals surface area contributed by atoms with Crippen molar-refractivity contribution in [3.05, 3.63) is 24.4 Å². The first-order valence-electron chi connectivity index (χ1n) is 8.98. The first-order valence-corrected chi connectivity index (χ1v) is 8.98. The molecule has 3 saturated heterocycles. The van der Waals surface area contributed by atoms with Crippen molar-refractivity contribution in [2.75, 3.05) is 39.4 Å². The van der Waals surface area contributed by atoms with Crippen LogP contribution in [0.4, 0.5) is 4.79 Å². The van der Waals surface area contributed by atoms with Crippen LogP contribution in [-0.4, -0.2) is 65.8 Å². The number of urea groups is 1. The third-order valence-electron chi connectivity index (χ3n) is 5.52. The highest BCUT2D eigenvalue weighted by atomic mass is 16.5. The average molecular weight is 331 g/mol. The molecule has 24 heavy (non-hydrogen) atoms. The van der Waals surface area contributed by atoms with Crippen LogP contribution in [0.5, 0.6) is 5.88 Å². The molecule has 0 aromatic carbocycles. The standard InChI is InChI=1S/C18H25N3O3/c22-17(20-9-3-4-10-20)21-13-18(14-21)15(7-12-24-18)6-11-23-16-5-1-2-8-19-16/h1-2,5,8,15H,3-4,6-7,9-14H2/t15-/m1/s1. The molecule has 4 rings (SSSR count). The van der Waals surface area contributed by atoms with Gasteiger partial charge in [0.25, 0.3) is 0 Å². The third-order valence-corrected chi connectivity index (χ3v) is 5.52. The van der Waals surface area contributed by atoms with Gasteiger partial charge >= 0.3 is 6.03 Å². The van der Waals surface area contributed by atoms with E-state index in [-0.39, 0.29) is 11.6 Å². The normalized spacial score (nSPS) is 25.1. The molecule has 4 heterocycles. The molecule has 6 nitrogen and oxygen atoms in total. The van der Waals surface area contributed by atoms with E-state index in [1.54, 1.807) is 6.20 Å². The minimum Gasteiger partial charge on any atom is -0.478 e. The monoisotopic (exact) mass is 331 g/mol. The van der Waals surface area contributed by atoms with E-state index in [1.807, 2.05) is 28.0 Å². The topological polar surface area (TPSA) is 54.9 Å². The molecule has 0 radical (unpaired) electrons. The largest absolute Gasteiger partial charge is 0.478 e. The second-order valence-corrected chi connectivity index (χ2v) is 7.04. The molecule has 1 aromatic heterocycles. The predicted octanol–water partition coefficient (Wildman–Crippen LogP) is 2.16. The van der Waals surface area contributed by atoms with Crippen LogP contribution in [-0.2, 0) is 4.74 Å². The molecule has 3 aliphatic rings. The van der Waals surface area contributed by atoms with E-state index in [4.69, 9.17) is 9.47 Å². The molecule has 6 heteroatoms. The van der Waals surface area contributed by atoms with Crippen LogP contribution in [0.1, 0.15) is 25.7 Å². The van der Waals surface area contributed by atoms with Gasteiger partial charge in [-0.25, -0.2) is 9.78 Å². The zero-order valence-electron chi connectivity index (χ0n) is 14.0. The van der Waals surface area contributed by atoms with Crippen molar-refractivity contribution in [2.24, 2.45) is 5.92 Å². The lowest BCUT2D eigenvalue weighted by atomic mass is 9.79. The average Bonchev–Trinajstić information content (AvgIpc) is 3.24. The van der Waals surface area contributed by atoms with Crippen LogP contribution in [0.15, 0.2) is 24.4 Å². The highest BCUT2D eigenvalue weighted by Gasteiger charge is 2.54. The number of ether oxygens (including phenoxy) is 2. The Bertz CT molecular complexity index is 568. The second kappa shape index (κ2) is 6.59. The number of nitrogens with zero attached hydrogens (tertiary/aromatic N) is 3. The predicted molar refractivity (Wildman–Crippen MR) is 88.9 cm³/mol. The fourth-order valence-corrected chi connectivity index (χ4v) is 4.12. The zero-order valence-corrected chi connectivity index (χ0v) is 14.0. The maximum Gasteiger partial charge on any atom is 0.320 e. The quantitative estimate of drug-likeness (QED) is 0.848. The van der Waals surface area contributed by atoms with Gasteiger partial charge < -0.3 is 19.3 Å². The first-order chi connectivity index (χ1) is 11.8. The molecule has 1 spiro atoms. The summed E-state index contributed by atoms with van der Waals surface area (Å²) in [7, 11) is 0. The molecular weight excluding hydrogens is 306 g/mol. The van der Waals surface area contributed by atoms with Gasteiger partial charge in [-0.05, 0) is 37.7 Å². The van der Waals surface area contributed by atoms with Gasteiger partial charge in [0.1, 0.15) is 5.60 Å². The summed E-state index contributed by atoms with van der Waals surface area (Å²) >= 11 is 0. The first kappa shape index (κ1) is 15.7. The zero-order chi connectivity index (χ0) is 16.4. The van der Waals surface area contributed by atoms with Gasteiger partial charge in [0.05, 0.1) is 19.7 Å². The van der Waals surface area contributed by atoms with Crippen LogP contribution in [0.3, 0.4) is 0 Å². The molecule has 0 N–H and O–H groups in total. The van der Waals surface area contributed by atoms with Gasteiger partial charge in [-0.3, -0.25) is 0 Å². The second-order valence-electron chi connectivity index (χ2n) is 7.04. The molecule has 3 aliphatic heterocycles. The van der Waals surface area contributed by atoms with Gasteiger partial charge in [-0.15, -0.1) is 0 Å². The van der Waals surface area contributed by atoms with Crippen molar-refractivity contribution in [3.8, 4) is 5.88 Å². The number of aromatic nitrogens is 1. The number of hydrogen-bond acceptors (Lipinski definition) is 4. The van der Waals surface area contributed by atoms with Crippen LogP contribution >= 0.6 is 0 Å². The van der Waals surface area contributed by atoms with Crippen molar-refractivity contribution in [3.63, 3.8) is 0 Å². The number of rotatable bonds is 4. The molecular formula is C18H25N3O3. The number of pyridine rings is 1. The van der Waals surface area contributed by atoms with E-state index in [1.165, 1.54) is 0 Å². The van der Waals surface area contributed by atoms with E-state index < -0.39 is 0 Å². The van der Waals surface area contributed by atoms with Crippen molar-refractivity contribution >= 4 is 6.03 Å². The van der Waals surface area contributed by atoms with Gasteiger partial charge in [0.2, 0.25) is 5.88 Å². The Morgan fingerprint density at radius 1 is 1.29 bits per heavy atom. The number of likely N-dealkylation sites (tertiary alicyclic amines) is 2. The summed E-state index contributed by atoms with van der Waals surface area (Å²) in [6.45, 7) is 4.72. The summed E-state index contributed by atoms with van der Waals surface area (Å²) in [5, 5.41) is 0. The third kappa shape index (κ3) is 2.95. The van der Waals surface area contributed by atoms with Crippen LogP contribution in [0.25, 0.3) is 0 Å². The van der Waals surface area contributed by atoms with Crippen molar-refractivity contribution in [2.45, 2.75) is 31.3 Å². The van der Waals surface area contributed by atoms with E-state index >= 15 is 0 Å². The lowest BCUT2D eigenvalue weighted by Crippen LogP contribution is -2.67. The van der Waals surface area contributed by atoms with Crippen molar-refractivity contribution in [1.29, 1.82) is 0 Å². The molecule has 0 saturated carbocycles. The van der Waals surface area contributed by atoms with Crippen LogP contribution in [0.2, 0.25) is 0 Å². The molecule has 130 valence electrons. The Morgan fingerprint density at radius 3 is 2.88 bits per heavy atom. The summed E-state index contributed by atoms with van der Waals surface area (Å²) in [5.41, 5.74) is -0.136. The Hall–Kier alpha value is -1.82. The van der Waals surface area contributed by atoms with E-state index in [9.17, 15) is 4.79 Å². The maximum absolute atomic E-state index is 12.4. The van der Waals surface area contributed by atoms with E-state index in [2.05, 4.69) is 4.98 Å². The molecule has 0 unspecified atom stereocenters. The molecule has 1 aromatic rings. The van der Waals surface area contributed by atoms with Crippen LogP contribution in [0, 0.1) is 5.92 Å². The molecule has 0 aliphatic carbocycles. The Balaban J connectivity index is 1.27. The van der Waals surface area contributed by atoms with Gasteiger partial charge in [0, 0.05) is 32.0 Å². The summed E-state index contributed by atoms with van der Waals surface area (Å²) in [6, 6.07) is 5.88. The van der Waals surface area contributed by atoms with Crippen LogP contribution < -0.4 is 4.74 Å². The van der Waals surface area contributed by atoms with E-state index in [0.29, 0.717) is 18.4 Å². The fraction of sp³-hybridized carbons (Fsp3) is 0.667. The number of hydrogen-bond donors (Lipinski definition) is 0. The summed E-state index contributed by atoms with van der Waals surface area (Å²) in [4.78, 5) is 20.5. The van der Waals surface area contributed by atoms with Crippen molar-refractivity contribution < 1.29 is 14.3 Å². The SMILES string of the molecule is O=C(N1CCCC1)N1CC2(C1)OCC[C@H]2CCOc1ccccn1. The van der Waals surface area contributed by atoms with Gasteiger partial charge in [0.15, 0.2) is 0 Å². The molecule has 1 atom stereocenters. The van der Waals surface area contributed by atoms with Gasteiger partial charge in [-0.1, -0.05) is 6.07 Å². The number of carbonyl (C=O) groups is 1.